The number of carbonyl (C=O) groups is 1. The number of fused-ring (bicyclic) bond motifs is 1. The summed E-state index contributed by atoms with van der Waals surface area (Å²) in [4.78, 5) is 25.7. The van der Waals surface area contributed by atoms with E-state index < -0.39 is 10.8 Å². The number of benzene rings is 2. The molecule has 0 atom stereocenters. The van der Waals surface area contributed by atoms with Gasteiger partial charge in [0.2, 0.25) is 0 Å². The van der Waals surface area contributed by atoms with Gasteiger partial charge in [-0.1, -0.05) is 0 Å². The molecule has 1 amide bonds. The maximum absolute atomic E-state index is 12.5. The molecule has 166 valence electrons. The van der Waals surface area contributed by atoms with Crippen molar-refractivity contribution in [3.8, 4) is 11.5 Å². The second-order valence-electron chi connectivity index (χ2n) is 7.25. The molecule has 1 aliphatic rings. The molecule has 4 rings (SSSR count). The zero-order valence-corrected chi connectivity index (χ0v) is 18.5. The largest absolute Gasteiger partial charge is 0.496 e. The maximum Gasteiger partial charge on any atom is 0.281 e. The van der Waals surface area contributed by atoms with Gasteiger partial charge in [0.15, 0.2) is 0 Å². The Morgan fingerprint density at radius 2 is 1.91 bits per heavy atom. The molecule has 2 heterocycles. The second kappa shape index (κ2) is 9.23. The van der Waals surface area contributed by atoms with Crippen LogP contribution in [0.4, 0.5) is 11.4 Å². The van der Waals surface area contributed by atoms with Gasteiger partial charge in [0.1, 0.15) is 11.5 Å². The van der Waals surface area contributed by atoms with Crippen LogP contribution in [0.15, 0.2) is 41.5 Å². The summed E-state index contributed by atoms with van der Waals surface area (Å²) in [6.07, 6.45) is 3.79. The van der Waals surface area contributed by atoms with Crippen molar-refractivity contribution in [2.75, 3.05) is 32.2 Å². The van der Waals surface area contributed by atoms with Crippen molar-refractivity contribution in [2.24, 2.45) is 5.10 Å². The van der Waals surface area contributed by atoms with Crippen molar-refractivity contribution in [3.05, 3.63) is 57.0 Å². The van der Waals surface area contributed by atoms with Crippen LogP contribution in [0.1, 0.15) is 28.1 Å². The third kappa shape index (κ3) is 4.35. The number of hydrazone groups is 1. The van der Waals surface area contributed by atoms with Crippen LogP contribution in [0.5, 0.6) is 11.5 Å². The van der Waals surface area contributed by atoms with Gasteiger partial charge in [-0.25, -0.2) is 5.43 Å². The fourth-order valence-electron chi connectivity index (χ4n) is 3.68. The van der Waals surface area contributed by atoms with Gasteiger partial charge in [-0.3, -0.25) is 14.9 Å². The number of anilines is 1. The monoisotopic (exact) mass is 454 g/mol. The van der Waals surface area contributed by atoms with Gasteiger partial charge >= 0.3 is 0 Å². The number of nitrogens with one attached hydrogen (secondary N) is 1. The number of rotatable bonds is 7. The highest BCUT2D eigenvalue weighted by atomic mass is 32.1. The van der Waals surface area contributed by atoms with Gasteiger partial charge < -0.3 is 14.4 Å². The molecule has 3 aromatic rings. The lowest BCUT2D eigenvalue weighted by atomic mass is 10.1. The number of hydrogen-bond acceptors (Lipinski definition) is 8. The molecule has 0 saturated carbocycles. The smallest absolute Gasteiger partial charge is 0.281 e. The molecule has 0 unspecified atom stereocenters. The maximum atomic E-state index is 12.5. The number of nitrogens with zero attached hydrogens (tertiary/aromatic N) is 3. The highest BCUT2D eigenvalue weighted by Crippen LogP contribution is 2.36. The number of thiophene rings is 1. The van der Waals surface area contributed by atoms with Gasteiger partial charge in [-0.05, 0) is 31.0 Å². The van der Waals surface area contributed by atoms with Crippen LogP contribution in [0.3, 0.4) is 0 Å². The normalized spacial score (nSPS) is 13.6. The molecular formula is C22H22N4O5S. The molecule has 1 saturated heterocycles. The van der Waals surface area contributed by atoms with Crippen LogP contribution in [0, 0.1) is 10.1 Å². The van der Waals surface area contributed by atoms with E-state index in [-0.39, 0.29) is 5.69 Å². The molecule has 0 bridgehead atoms. The molecule has 9 nitrogen and oxygen atoms in total. The summed E-state index contributed by atoms with van der Waals surface area (Å²) in [6.45, 7) is 1.95. The van der Waals surface area contributed by atoms with Crippen molar-refractivity contribution >= 4 is 44.9 Å². The van der Waals surface area contributed by atoms with E-state index in [1.165, 1.54) is 29.7 Å². The van der Waals surface area contributed by atoms with Gasteiger partial charge in [-0.15, -0.1) is 11.3 Å². The zero-order chi connectivity index (χ0) is 22.7. The molecule has 0 radical (unpaired) electrons. The van der Waals surface area contributed by atoms with E-state index in [4.69, 9.17) is 9.47 Å². The topological polar surface area (TPSA) is 106 Å². The number of amides is 1. The van der Waals surface area contributed by atoms with Crippen molar-refractivity contribution in [2.45, 2.75) is 12.8 Å². The minimum absolute atomic E-state index is 0.0151. The summed E-state index contributed by atoms with van der Waals surface area (Å²) >= 11 is 1.24. The lowest BCUT2D eigenvalue weighted by molar-refractivity contribution is -0.384. The molecule has 1 N–H and O–H groups in total. The van der Waals surface area contributed by atoms with Crippen LogP contribution < -0.4 is 19.8 Å². The van der Waals surface area contributed by atoms with Gasteiger partial charge in [-0.2, -0.15) is 5.10 Å². The van der Waals surface area contributed by atoms with Crippen molar-refractivity contribution in [3.63, 3.8) is 0 Å². The van der Waals surface area contributed by atoms with Crippen LogP contribution in [0.25, 0.3) is 10.1 Å². The summed E-state index contributed by atoms with van der Waals surface area (Å²) in [7, 11) is 3.21. The average molecular weight is 455 g/mol. The summed E-state index contributed by atoms with van der Waals surface area (Å²) in [5, 5.41) is 15.7. The summed E-state index contributed by atoms with van der Waals surface area (Å²) < 4.78 is 11.9. The Labute approximate surface area is 188 Å². The standard InChI is InChI=1S/C22H22N4O5S/c1-30-18-12-17(25-7-3-4-8-25)19(31-2)10-15(18)13-23-24-22(27)21-11-14-9-16(26(28)29)5-6-20(14)32-21/h5-6,9-13H,3-4,7-8H2,1-2H3,(H,24,27)/b23-13-. The Kier molecular flexibility index (Phi) is 6.22. The van der Waals surface area contributed by atoms with E-state index in [0.29, 0.717) is 27.3 Å². The van der Waals surface area contributed by atoms with E-state index in [2.05, 4.69) is 15.4 Å². The molecule has 0 spiro atoms. The quantitative estimate of drug-likeness (QED) is 0.326. The second-order valence-corrected chi connectivity index (χ2v) is 8.33. The van der Waals surface area contributed by atoms with Gasteiger partial charge in [0.25, 0.3) is 11.6 Å². The van der Waals surface area contributed by atoms with E-state index in [1.54, 1.807) is 26.4 Å². The number of carbonyl (C=O) groups excluding carboxylic acids is 1. The Balaban J connectivity index is 1.52. The first kappa shape index (κ1) is 21.6. The molecule has 32 heavy (non-hydrogen) atoms. The van der Waals surface area contributed by atoms with Gasteiger partial charge in [0, 0.05) is 46.9 Å². The molecule has 10 heteroatoms. The third-order valence-corrected chi connectivity index (χ3v) is 6.40. The highest BCUT2D eigenvalue weighted by molar-refractivity contribution is 7.20. The minimum Gasteiger partial charge on any atom is -0.496 e. The van der Waals surface area contributed by atoms with Crippen LogP contribution in [0.2, 0.25) is 0 Å². The van der Waals surface area contributed by atoms with Crippen LogP contribution in [-0.4, -0.2) is 44.4 Å². The fraction of sp³-hybridized carbons (Fsp3) is 0.273. The predicted molar refractivity (Wildman–Crippen MR) is 125 cm³/mol. The number of nitro benzene ring substituents is 1. The van der Waals surface area contributed by atoms with Crippen LogP contribution in [-0.2, 0) is 0 Å². The van der Waals surface area contributed by atoms with Crippen molar-refractivity contribution < 1.29 is 19.2 Å². The van der Waals surface area contributed by atoms with Crippen molar-refractivity contribution in [1.29, 1.82) is 0 Å². The van der Waals surface area contributed by atoms with Gasteiger partial charge in [0.05, 0.1) is 35.9 Å². The number of methoxy groups -OCH3 is 2. The first-order valence-corrected chi connectivity index (χ1v) is 10.8. The lowest BCUT2D eigenvalue weighted by Crippen LogP contribution is -2.19. The number of nitro groups is 1. The summed E-state index contributed by atoms with van der Waals surface area (Å²) in [5.41, 5.74) is 4.13. The molecule has 2 aromatic carbocycles. The Hall–Kier alpha value is -3.66. The van der Waals surface area contributed by atoms with E-state index in [0.717, 1.165) is 36.3 Å². The lowest BCUT2D eigenvalue weighted by Gasteiger charge is -2.22. The van der Waals surface area contributed by atoms with E-state index in [9.17, 15) is 14.9 Å². The summed E-state index contributed by atoms with van der Waals surface area (Å²) in [6, 6.07) is 9.88. The molecule has 1 aliphatic heterocycles. The first-order chi connectivity index (χ1) is 15.5. The Bertz CT molecular complexity index is 1200. The molecule has 1 aromatic heterocycles. The third-order valence-electron chi connectivity index (χ3n) is 5.28. The number of ether oxygens (including phenoxy) is 2. The minimum atomic E-state index is -0.461. The SMILES string of the molecule is COc1cc(N2CCCC2)c(OC)cc1/C=N\NC(=O)c1cc2cc([N+](=O)[O-])ccc2s1. The molecule has 0 aliphatic carbocycles. The average Bonchev–Trinajstić information content (AvgIpc) is 3.48. The van der Waals surface area contributed by atoms with Crippen LogP contribution >= 0.6 is 11.3 Å². The number of non-ortho nitro benzene ring substituents is 1. The van der Waals surface area contributed by atoms with E-state index >= 15 is 0 Å². The Morgan fingerprint density at radius 3 is 2.59 bits per heavy atom. The zero-order valence-electron chi connectivity index (χ0n) is 17.7. The Morgan fingerprint density at radius 1 is 1.16 bits per heavy atom. The number of hydrogen-bond donors (Lipinski definition) is 1. The fourth-order valence-corrected chi connectivity index (χ4v) is 4.62. The first-order valence-electron chi connectivity index (χ1n) is 10.0. The van der Waals surface area contributed by atoms with Crippen molar-refractivity contribution in [1.82, 2.24) is 5.43 Å². The molecule has 1 fully saturated rings. The molecular weight excluding hydrogens is 432 g/mol. The van der Waals surface area contributed by atoms with E-state index in [1.807, 2.05) is 12.1 Å². The highest BCUT2D eigenvalue weighted by Gasteiger charge is 2.19. The predicted octanol–water partition coefficient (Wildman–Crippen LogP) is 4.19. The summed E-state index contributed by atoms with van der Waals surface area (Å²) in [5.74, 6) is 0.941.